The molecule has 0 aliphatic carbocycles. The van der Waals surface area contributed by atoms with Gasteiger partial charge >= 0.3 is 0 Å². The van der Waals surface area contributed by atoms with Crippen molar-refractivity contribution in [2.45, 2.75) is 45.9 Å². The predicted molar refractivity (Wildman–Crippen MR) is 154 cm³/mol. The molecule has 0 saturated heterocycles. The number of rotatable bonds is 8. The normalized spacial score (nSPS) is 14.5. The standard InChI is InChI=1S/C32H33N3O3S/c1-4-30(36)35-17-16-24-14-15-26(18-27(24)31(35)25-12-10-22(2)11-13-25)38-20-29-33-28(21-39-29)32(37)34(3)19-23-8-6-5-7-9-23/h5-15,18,21,31H,4,16-17,19-20H2,1-3H3/t31-/m1/s1. The largest absolute Gasteiger partial charge is 0.486 e. The number of nitrogens with zero attached hydrogens (tertiary/aromatic N) is 3. The molecule has 0 fully saturated rings. The Labute approximate surface area is 233 Å². The molecule has 5 rings (SSSR count). The molecule has 0 saturated carbocycles. The van der Waals surface area contributed by atoms with Crippen LogP contribution in [0.2, 0.25) is 0 Å². The summed E-state index contributed by atoms with van der Waals surface area (Å²) in [5.41, 5.74) is 6.12. The second-order valence-corrected chi connectivity index (χ2v) is 10.9. The zero-order chi connectivity index (χ0) is 27.4. The summed E-state index contributed by atoms with van der Waals surface area (Å²) in [7, 11) is 1.79. The summed E-state index contributed by atoms with van der Waals surface area (Å²) < 4.78 is 6.15. The zero-order valence-corrected chi connectivity index (χ0v) is 23.4. The van der Waals surface area contributed by atoms with E-state index in [2.05, 4.69) is 48.3 Å². The van der Waals surface area contributed by atoms with E-state index in [0.717, 1.165) is 33.9 Å². The van der Waals surface area contributed by atoms with E-state index >= 15 is 0 Å². The highest BCUT2D eigenvalue weighted by molar-refractivity contribution is 7.09. The lowest BCUT2D eigenvalue weighted by molar-refractivity contribution is -0.132. The molecule has 200 valence electrons. The first-order valence-corrected chi connectivity index (χ1v) is 14.2. The molecule has 3 aromatic carbocycles. The van der Waals surface area contributed by atoms with E-state index in [1.807, 2.05) is 48.2 Å². The number of hydrogen-bond donors (Lipinski definition) is 0. The van der Waals surface area contributed by atoms with E-state index in [1.165, 1.54) is 22.5 Å². The molecule has 0 N–H and O–H groups in total. The number of carbonyl (C=O) groups excluding carboxylic acids is 2. The fraction of sp³-hybridized carbons (Fsp3) is 0.281. The van der Waals surface area contributed by atoms with Crippen LogP contribution in [0.1, 0.15) is 62.7 Å². The Morgan fingerprint density at radius 1 is 1.08 bits per heavy atom. The van der Waals surface area contributed by atoms with Crippen LogP contribution < -0.4 is 4.74 Å². The van der Waals surface area contributed by atoms with E-state index in [4.69, 9.17) is 4.74 Å². The summed E-state index contributed by atoms with van der Waals surface area (Å²) in [6, 6.07) is 24.3. The van der Waals surface area contributed by atoms with Crippen LogP contribution in [0.15, 0.2) is 78.2 Å². The number of fused-ring (bicyclic) bond motifs is 1. The summed E-state index contributed by atoms with van der Waals surface area (Å²) >= 11 is 1.42. The van der Waals surface area contributed by atoms with Gasteiger partial charge in [-0.05, 0) is 47.7 Å². The number of amides is 2. The predicted octanol–water partition coefficient (Wildman–Crippen LogP) is 6.19. The lowest BCUT2D eigenvalue weighted by Gasteiger charge is -2.38. The van der Waals surface area contributed by atoms with Crippen LogP contribution in [0.4, 0.5) is 0 Å². The van der Waals surface area contributed by atoms with Crippen molar-refractivity contribution in [2.75, 3.05) is 13.6 Å². The van der Waals surface area contributed by atoms with E-state index < -0.39 is 0 Å². The highest BCUT2D eigenvalue weighted by atomic mass is 32.1. The Kier molecular flexibility index (Phi) is 8.07. The van der Waals surface area contributed by atoms with Crippen LogP contribution in [0.3, 0.4) is 0 Å². The fourth-order valence-corrected chi connectivity index (χ4v) is 5.69. The van der Waals surface area contributed by atoms with Gasteiger partial charge in [0.15, 0.2) is 0 Å². The molecule has 0 unspecified atom stereocenters. The summed E-state index contributed by atoms with van der Waals surface area (Å²) in [5, 5.41) is 2.53. The molecule has 7 heteroatoms. The lowest BCUT2D eigenvalue weighted by Crippen LogP contribution is -2.40. The summed E-state index contributed by atoms with van der Waals surface area (Å²) in [6.45, 7) is 5.48. The van der Waals surface area contributed by atoms with Gasteiger partial charge in [-0.3, -0.25) is 9.59 Å². The van der Waals surface area contributed by atoms with Gasteiger partial charge in [-0.25, -0.2) is 4.98 Å². The molecule has 0 radical (unpaired) electrons. The number of ether oxygens (including phenoxy) is 1. The van der Waals surface area contributed by atoms with Crippen molar-refractivity contribution >= 4 is 23.2 Å². The van der Waals surface area contributed by atoms with Crippen LogP contribution in [-0.4, -0.2) is 40.2 Å². The first-order chi connectivity index (χ1) is 18.9. The number of aromatic nitrogens is 1. The molecule has 2 heterocycles. The zero-order valence-electron chi connectivity index (χ0n) is 22.6. The van der Waals surface area contributed by atoms with Gasteiger partial charge in [-0.15, -0.1) is 11.3 Å². The third-order valence-corrected chi connectivity index (χ3v) is 7.93. The molecular weight excluding hydrogens is 506 g/mol. The topological polar surface area (TPSA) is 62.7 Å². The van der Waals surface area contributed by atoms with Crippen LogP contribution in [0.5, 0.6) is 5.75 Å². The molecule has 6 nitrogen and oxygen atoms in total. The summed E-state index contributed by atoms with van der Waals surface area (Å²) in [6.07, 6.45) is 1.29. The average molecular weight is 540 g/mol. The number of hydrogen-bond acceptors (Lipinski definition) is 5. The van der Waals surface area contributed by atoms with Gasteiger partial charge in [0, 0.05) is 31.9 Å². The number of aryl methyl sites for hydroxylation is 1. The van der Waals surface area contributed by atoms with Gasteiger partial charge < -0.3 is 14.5 Å². The van der Waals surface area contributed by atoms with Gasteiger partial charge in [-0.1, -0.05) is 73.2 Å². The maximum Gasteiger partial charge on any atom is 0.273 e. The Balaban J connectivity index is 1.31. The van der Waals surface area contributed by atoms with E-state index in [1.54, 1.807) is 17.3 Å². The SMILES string of the molecule is CCC(=O)N1CCc2ccc(OCc3nc(C(=O)N(C)Cc4ccccc4)cs3)cc2[C@H]1c1ccc(C)cc1. The van der Waals surface area contributed by atoms with Crippen molar-refractivity contribution in [3.8, 4) is 5.75 Å². The van der Waals surface area contributed by atoms with E-state index in [-0.39, 0.29) is 24.5 Å². The summed E-state index contributed by atoms with van der Waals surface area (Å²) in [4.78, 5) is 34.0. The quantitative estimate of drug-likeness (QED) is 0.268. The Morgan fingerprint density at radius 2 is 1.85 bits per heavy atom. The van der Waals surface area contributed by atoms with E-state index in [0.29, 0.717) is 25.2 Å². The molecule has 39 heavy (non-hydrogen) atoms. The van der Waals surface area contributed by atoms with Crippen molar-refractivity contribution in [3.05, 3.63) is 117 Å². The van der Waals surface area contributed by atoms with Crippen molar-refractivity contribution in [2.24, 2.45) is 0 Å². The van der Waals surface area contributed by atoms with Crippen LogP contribution in [-0.2, 0) is 24.4 Å². The third-order valence-electron chi connectivity index (χ3n) is 7.10. The van der Waals surface area contributed by atoms with Crippen molar-refractivity contribution in [1.82, 2.24) is 14.8 Å². The molecule has 4 aromatic rings. The monoisotopic (exact) mass is 539 g/mol. The number of benzene rings is 3. The first kappa shape index (κ1) is 26.6. The second-order valence-electron chi connectivity index (χ2n) is 9.93. The highest BCUT2D eigenvalue weighted by Gasteiger charge is 2.31. The lowest BCUT2D eigenvalue weighted by atomic mass is 9.87. The molecular formula is C32H33N3O3S. The Bertz CT molecular complexity index is 1450. The fourth-order valence-electron chi connectivity index (χ4n) is 5.01. The Hall–Kier alpha value is -3.97. The molecule has 2 amide bonds. The number of thiazole rings is 1. The van der Waals surface area contributed by atoms with Crippen LogP contribution in [0.25, 0.3) is 0 Å². The van der Waals surface area contributed by atoms with Gasteiger partial charge in [0.25, 0.3) is 5.91 Å². The van der Waals surface area contributed by atoms with Crippen molar-refractivity contribution in [3.63, 3.8) is 0 Å². The van der Waals surface area contributed by atoms with Crippen molar-refractivity contribution < 1.29 is 14.3 Å². The van der Waals surface area contributed by atoms with Crippen LogP contribution in [0, 0.1) is 6.92 Å². The minimum atomic E-state index is -0.144. The maximum absolute atomic E-state index is 12.9. The van der Waals surface area contributed by atoms with E-state index in [9.17, 15) is 9.59 Å². The minimum Gasteiger partial charge on any atom is -0.486 e. The highest BCUT2D eigenvalue weighted by Crippen LogP contribution is 2.37. The molecule has 1 aromatic heterocycles. The molecule has 1 atom stereocenters. The third kappa shape index (κ3) is 6.04. The maximum atomic E-state index is 12.9. The van der Waals surface area contributed by atoms with Crippen molar-refractivity contribution in [1.29, 1.82) is 0 Å². The molecule has 0 spiro atoms. The molecule has 0 bridgehead atoms. The van der Waals surface area contributed by atoms with Gasteiger partial charge in [0.1, 0.15) is 23.1 Å². The van der Waals surface area contributed by atoms with Gasteiger partial charge in [0.05, 0.1) is 6.04 Å². The first-order valence-electron chi connectivity index (χ1n) is 13.3. The second kappa shape index (κ2) is 11.8. The average Bonchev–Trinajstić information content (AvgIpc) is 3.44. The van der Waals surface area contributed by atoms with Gasteiger partial charge in [-0.2, -0.15) is 0 Å². The smallest absolute Gasteiger partial charge is 0.273 e. The minimum absolute atomic E-state index is 0.114. The molecule has 1 aliphatic heterocycles. The summed E-state index contributed by atoms with van der Waals surface area (Å²) in [5.74, 6) is 0.757. The van der Waals surface area contributed by atoms with Gasteiger partial charge in [0.2, 0.25) is 5.91 Å². The van der Waals surface area contributed by atoms with Crippen LogP contribution >= 0.6 is 11.3 Å². The molecule has 1 aliphatic rings. The number of carbonyl (C=O) groups is 2. The Morgan fingerprint density at radius 3 is 2.59 bits per heavy atom.